The van der Waals surface area contributed by atoms with Crippen LogP contribution >= 0.6 is 0 Å². The van der Waals surface area contributed by atoms with Gasteiger partial charge in [-0.05, 0) is 32.9 Å². The molecule has 1 aliphatic rings. The molecule has 2 rings (SSSR count). The van der Waals surface area contributed by atoms with Crippen molar-refractivity contribution in [2.45, 2.75) is 26.3 Å². The van der Waals surface area contributed by atoms with E-state index in [2.05, 4.69) is 30.7 Å². The highest BCUT2D eigenvalue weighted by Gasteiger charge is 2.29. The second kappa shape index (κ2) is 5.79. The summed E-state index contributed by atoms with van der Waals surface area (Å²) in [6.07, 6.45) is 1.63. The number of carbonyl (C=O) groups excluding carboxylic acids is 1. The van der Waals surface area contributed by atoms with Crippen LogP contribution in [-0.2, 0) is 0 Å². The molecule has 1 fully saturated rings. The fourth-order valence-electron chi connectivity index (χ4n) is 2.47. The Morgan fingerprint density at radius 3 is 2.45 bits per heavy atom. The zero-order chi connectivity index (χ0) is 14.8. The van der Waals surface area contributed by atoms with E-state index in [0.717, 1.165) is 26.2 Å². The molecule has 0 bridgehead atoms. The van der Waals surface area contributed by atoms with Crippen molar-refractivity contribution < 1.29 is 9.53 Å². The van der Waals surface area contributed by atoms with Gasteiger partial charge in [0.2, 0.25) is 5.88 Å². The number of pyridine rings is 1. The number of piperazine rings is 1. The van der Waals surface area contributed by atoms with Crippen molar-refractivity contribution in [2.75, 3.05) is 33.3 Å². The molecule has 0 aliphatic carbocycles. The standard InChI is InChI=1S/C15H23N3O2/c1-15(2,3)18-10-8-17(9-11-18)14(19)12-6-5-7-16-13(12)20-4/h5-7H,8-11H2,1-4H3. The molecule has 110 valence electrons. The first kappa shape index (κ1) is 14.8. The molecular formula is C15H23N3O2. The fourth-order valence-corrected chi connectivity index (χ4v) is 2.47. The Bertz CT molecular complexity index is 474. The Kier molecular flexibility index (Phi) is 4.28. The van der Waals surface area contributed by atoms with Gasteiger partial charge < -0.3 is 9.64 Å². The van der Waals surface area contributed by atoms with E-state index >= 15 is 0 Å². The molecule has 2 heterocycles. The molecule has 0 aromatic carbocycles. The summed E-state index contributed by atoms with van der Waals surface area (Å²) < 4.78 is 5.16. The molecule has 1 saturated heterocycles. The van der Waals surface area contributed by atoms with Crippen LogP contribution in [0.15, 0.2) is 18.3 Å². The monoisotopic (exact) mass is 277 g/mol. The minimum Gasteiger partial charge on any atom is -0.480 e. The van der Waals surface area contributed by atoms with Crippen molar-refractivity contribution in [3.05, 3.63) is 23.9 Å². The molecule has 20 heavy (non-hydrogen) atoms. The summed E-state index contributed by atoms with van der Waals surface area (Å²) in [6.45, 7) is 9.90. The lowest BCUT2D eigenvalue weighted by molar-refractivity contribution is 0.0448. The van der Waals surface area contributed by atoms with Gasteiger partial charge in [-0.15, -0.1) is 0 Å². The van der Waals surface area contributed by atoms with E-state index in [1.807, 2.05) is 4.90 Å². The summed E-state index contributed by atoms with van der Waals surface area (Å²) in [5.41, 5.74) is 0.695. The van der Waals surface area contributed by atoms with E-state index in [4.69, 9.17) is 4.74 Å². The summed E-state index contributed by atoms with van der Waals surface area (Å²) in [5, 5.41) is 0. The number of hydrogen-bond acceptors (Lipinski definition) is 4. The summed E-state index contributed by atoms with van der Waals surface area (Å²) in [5.74, 6) is 0.402. The number of methoxy groups -OCH3 is 1. The average molecular weight is 277 g/mol. The van der Waals surface area contributed by atoms with Gasteiger partial charge in [0, 0.05) is 37.9 Å². The topological polar surface area (TPSA) is 45.7 Å². The lowest BCUT2D eigenvalue weighted by atomic mass is 10.0. The quantitative estimate of drug-likeness (QED) is 0.824. The second-order valence-electron chi connectivity index (χ2n) is 6.01. The highest BCUT2D eigenvalue weighted by Crippen LogP contribution is 2.20. The third kappa shape index (κ3) is 3.10. The van der Waals surface area contributed by atoms with E-state index in [9.17, 15) is 4.79 Å². The van der Waals surface area contributed by atoms with Gasteiger partial charge in [-0.2, -0.15) is 0 Å². The van der Waals surface area contributed by atoms with Crippen LogP contribution in [0.25, 0.3) is 0 Å². The number of aromatic nitrogens is 1. The van der Waals surface area contributed by atoms with Crippen molar-refractivity contribution in [1.29, 1.82) is 0 Å². The van der Waals surface area contributed by atoms with Crippen LogP contribution in [-0.4, -0.2) is 59.5 Å². The summed E-state index contributed by atoms with van der Waals surface area (Å²) >= 11 is 0. The lowest BCUT2D eigenvalue weighted by Gasteiger charge is -2.42. The first-order valence-electron chi connectivity index (χ1n) is 6.97. The number of rotatable bonds is 2. The van der Waals surface area contributed by atoms with Crippen molar-refractivity contribution in [3.63, 3.8) is 0 Å². The van der Waals surface area contributed by atoms with E-state index < -0.39 is 0 Å². The number of hydrogen-bond donors (Lipinski definition) is 0. The van der Waals surface area contributed by atoms with Gasteiger partial charge >= 0.3 is 0 Å². The van der Waals surface area contributed by atoms with E-state index in [1.54, 1.807) is 18.3 Å². The maximum atomic E-state index is 12.5. The molecule has 0 spiro atoms. The van der Waals surface area contributed by atoms with E-state index in [-0.39, 0.29) is 11.4 Å². The predicted octanol–water partition coefficient (Wildman–Crippen LogP) is 1.65. The highest BCUT2D eigenvalue weighted by atomic mass is 16.5. The van der Waals surface area contributed by atoms with Crippen LogP contribution in [0.1, 0.15) is 31.1 Å². The number of nitrogens with zero attached hydrogens (tertiary/aromatic N) is 3. The van der Waals surface area contributed by atoms with Crippen molar-refractivity contribution in [1.82, 2.24) is 14.8 Å². The zero-order valence-corrected chi connectivity index (χ0v) is 12.7. The third-order valence-electron chi connectivity index (χ3n) is 3.71. The smallest absolute Gasteiger partial charge is 0.259 e. The zero-order valence-electron chi connectivity index (χ0n) is 12.7. The molecule has 1 aromatic heterocycles. The van der Waals surface area contributed by atoms with Crippen LogP contribution < -0.4 is 4.74 Å². The Hall–Kier alpha value is -1.62. The molecule has 0 atom stereocenters. The van der Waals surface area contributed by atoms with Gasteiger partial charge in [-0.3, -0.25) is 9.69 Å². The molecule has 1 aliphatic heterocycles. The first-order chi connectivity index (χ1) is 9.43. The molecule has 0 radical (unpaired) electrons. The van der Waals surface area contributed by atoms with Gasteiger partial charge in [0.05, 0.1) is 7.11 Å². The van der Waals surface area contributed by atoms with Gasteiger partial charge in [0.25, 0.3) is 5.91 Å². The molecule has 0 unspecified atom stereocenters. The van der Waals surface area contributed by atoms with Gasteiger partial charge in [0.1, 0.15) is 5.56 Å². The van der Waals surface area contributed by atoms with E-state index in [0.29, 0.717) is 11.4 Å². The lowest BCUT2D eigenvalue weighted by Crippen LogP contribution is -2.54. The SMILES string of the molecule is COc1ncccc1C(=O)N1CCN(C(C)(C)C)CC1. The molecule has 0 saturated carbocycles. The number of carbonyl (C=O) groups is 1. The minimum absolute atomic E-state index is 0.00325. The minimum atomic E-state index is 0.00325. The predicted molar refractivity (Wildman–Crippen MR) is 78.0 cm³/mol. The Morgan fingerprint density at radius 2 is 1.90 bits per heavy atom. The first-order valence-corrected chi connectivity index (χ1v) is 6.97. The molecule has 5 heteroatoms. The van der Waals surface area contributed by atoms with Gasteiger partial charge in [-0.25, -0.2) is 4.98 Å². The maximum Gasteiger partial charge on any atom is 0.259 e. The van der Waals surface area contributed by atoms with Gasteiger partial charge in [0.15, 0.2) is 0 Å². The van der Waals surface area contributed by atoms with Crippen LogP contribution in [0.5, 0.6) is 5.88 Å². The largest absolute Gasteiger partial charge is 0.480 e. The van der Waals surface area contributed by atoms with Gasteiger partial charge in [-0.1, -0.05) is 0 Å². The molecular weight excluding hydrogens is 254 g/mol. The van der Waals surface area contributed by atoms with Crippen LogP contribution in [0.3, 0.4) is 0 Å². The summed E-state index contributed by atoms with van der Waals surface area (Å²) in [7, 11) is 1.54. The maximum absolute atomic E-state index is 12.5. The Morgan fingerprint density at radius 1 is 1.25 bits per heavy atom. The molecule has 5 nitrogen and oxygen atoms in total. The Balaban J connectivity index is 2.05. The third-order valence-corrected chi connectivity index (χ3v) is 3.71. The van der Waals surface area contributed by atoms with Crippen LogP contribution in [0, 0.1) is 0 Å². The molecule has 1 amide bonds. The number of amides is 1. The van der Waals surface area contributed by atoms with Crippen LogP contribution in [0.2, 0.25) is 0 Å². The summed E-state index contributed by atoms with van der Waals surface area (Å²) in [6, 6.07) is 3.53. The average Bonchev–Trinajstić information content (AvgIpc) is 2.45. The van der Waals surface area contributed by atoms with Crippen molar-refractivity contribution in [2.24, 2.45) is 0 Å². The Labute approximate surface area is 120 Å². The molecule has 0 N–H and O–H groups in total. The van der Waals surface area contributed by atoms with Crippen molar-refractivity contribution >= 4 is 5.91 Å². The summed E-state index contributed by atoms with van der Waals surface area (Å²) in [4.78, 5) is 20.9. The second-order valence-corrected chi connectivity index (χ2v) is 6.01. The highest BCUT2D eigenvalue weighted by molar-refractivity contribution is 5.96. The van der Waals surface area contributed by atoms with Crippen molar-refractivity contribution in [3.8, 4) is 5.88 Å². The molecule has 1 aromatic rings. The fraction of sp³-hybridized carbons (Fsp3) is 0.600. The van der Waals surface area contributed by atoms with Crippen LogP contribution in [0.4, 0.5) is 0 Å². The van der Waals surface area contributed by atoms with E-state index in [1.165, 1.54) is 7.11 Å². The number of ether oxygens (including phenoxy) is 1. The normalized spacial score (nSPS) is 17.1.